The van der Waals surface area contributed by atoms with Gasteiger partial charge in [0, 0.05) is 29.7 Å². The molecule has 0 atom stereocenters. The maximum atomic E-state index is 14.3. The largest absolute Gasteiger partial charge is 0.493 e. The van der Waals surface area contributed by atoms with E-state index < -0.39 is 146 Å². The van der Waals surface area contributed by atoms with E-state index in [4.69, 9.17) is 26.2 Å². The highest BCUT2D eigenvalue weighted by molar-refractivity contribution is 7.90. The first-order valence-electron chi connectivity index (χ1n) is 26.7. The monoisotopic (exact) mass is 1440 g/mol. The molecule has 7 aromatic rings. The van der Waals surface area contributed by atoms with Crippen LogP contribution in [0.2, 0.25) is 0 Å². The van der Waals surface area contributed by atoms with Gasteiger partial charge in [0.15, 0.2) is 22.1 Å². The number of hydrogen-bond donors (Lipinski definition) is 2. The Morgan fingerprint density at radius 1 is 0.474 bits per heavy atom. The molecule has 8 rings (SSSR count). The third-order valence-corrected chi connectivity index (χ3v) is 19.6. The minimum atomic E-state index is -5.57. The van der Waals surface area contributed by atoms with Gasteiger partial charge in [0.25, 0.3) is 15.9 Å². The van der Waals surface area contributed by atoms with Crippen molar-refractivity contribution in [3.63, 3.8) is 0 Å². The molecule has 0 heterocycles. The molecule has 0 bridgehead atoms. The molecule has 7 aromatic carbocycles. The number of rotatable bonds is 24. The molecule has 0 aliphatic heterocycles. The molecule has 506 valence electrons. The fourth-order valence-electron chi connectivity index (χ4n) is 7.79. The molecule has 1 aliphatic rings. The summed E-state index contributed by atoms with van der Waals surface area (Å²) in [6.07, 6.45) is -10.3. The second-order valence-electron chi connectivity index (χ2n) is 19.9. The molecule has 0 spiro atoms. The number of hydrogen-bond acceptors (Lipinski definition) is 23. The summed E-state index contributed by atoms with van der Waals surface area (Å²) in [6.45, 7) is 6.76. The molecule has 0 amide bonds. The van der Waals surface area contributed by atoms with Gasteiger partial charge in [0.05, 0.1) is 19.6 Å². The topological polar surface area (TPSA) is 352 Å². The van der Waals surface area contributed by atoms with Crippen LogP contribution in [0.4, 0.5) is 26.3 Å². The SMILES string of the molecule is Cc1ccc(S(=O)(=O)OC2=CC(S(=O)(=O)O)=C(OS(=O)(=O)c3ccc(C)cc3)C(=NO)C2)cc1.Cc1ccc(S(=O)(=O)Oc2ccc(OS(=O)(=O)c3ccc(C)cc3)c(S(=O)(=O)ON=C(c3ccc(OCCCOc4ccc(C(=O)C(F)(F)F)cc4)cc3)C(F)(F)F)c2)cc1. The lowest BCUT2D eigenvalue weighted by Crippen LogP contribution is -2.25. The number of oxime groups is 2. The van der Waals surface area contributed by atoms with Crippen LogP contribution in [0.25, 0.3) is 0 Å². The Balaban J connectivity index is 0.000000316. The van der Waals surface area contributed by atoms with Gasteiger partial charge in [-0.2, -0.15) is 76.8 Å². The second kappa shape index (κ2) is 29.1. The van der Waals surface area contributed by atoms with Gasteiger partial charge in [-0.1, -0.05) is 81.1 Å². The molecule has 0 radical (unpaired) electrons. The van der Waals surface area contributed by atoms with E-state index in [1.165, 1.54) is 97.1 Å². The smallest absolute Gasteiger partial charge is 0.454 e. The van der Waals surface area contributed by atoms with Crippen LogP contribution in [0.15, 0.2) is 221 Å². The number of ether oxygens (including phenoxy) is 2. The number of ketones is 1. The molecule has 2 N–H and O–H groups in total. The number of Topliss-reactive ketones (excluding diaryl/α,β-unsaturated/α-hetero) is 1. The number of nitrogens with zero attached hydrogens (tertiary/aromatic N) is 2. The van der Waals surface area contributed by atoms with E-state index in [1.54, 1.807) is 27.7 Å². The van der Waals surface area contributed by atoms with E-state index in [9.17, 15) is 91.4 Å². The van der Waals surface area contributed by atoms with Crippen LogP contribution in [-0.4, -0.2) is 103 Å². The molecule has 0 saturated heterocycles. The predicted octanol–water partition coefficient (Wildman–Crippen LogP) is 10.7. The minimum absolute atomic E-state index is 0.00354. The fraction of sp³-hybridized carbons (Fsp3) is 0.169. The van der Waals surface area contributed by atoms with Crippen molar-refractivity contribution >= 4 is 77.9 Å². The number of halogens is 6. The summed E-state index contributed by atoms with van der Waals surface area (Å²) in [5.41, 5.74) is -0.967. The van der Waals surface area contributed by atoms with Crippen LogP contribution in [0.3, 0.4) is 0 Å². The van der Waals surface area contributed by atoms with E-state index in [0.29, 0.717) is 29.3 Å². The zero-order chi connectivity index (χ0) is 70.1. The summed E-state index contributed by atoms with van der Waals surface area (Å²) in [6, 6.07) is 31.5. The van der Waals surface area contributed by atoms with E-state index in [2.05, 4.69) is 14.6 Å². The summed E-state index contributed by atoms with van der Waals surface area (Å²) in [5, 5.41) is 15.1. The number of allylic oxidation sites excluding steroid dienone is 3. The van der Waals surface area contributed by atoms with Gasteiger partial charge in [-0.3, -0.25) is 13.6 Å². The third-order valence-electron chi connectivity index (χ3n) is 12.6. The van der Waals surface area contributed by atoms with Crippen molar-refractivity contribution in [3.8, 4) is 23.0 Å². The Morgan fingerprint density at radius 2 is 0.863 bits per heavy atom. The number of alkyl halides is 6. The quantitative estimate of drug-likeness (QED) is 0.00829. The fourth-order valence-corrected chi connectivity index (χ4v) is 13.2. The Morgan fingerprint density at radius 3 is 1.26 bits per heavy atom. The molecule has 0 saturated carbocycles. The average Bonchev–Trinajstić information content (AvgIpc) is 0.799. The standard InChI is InChI=1S/C39H31F6NO12S3.C20H19NO10S3/c1-25-4-17-32(18-5-25)59(48,49)56-31-16-21-34(57-60(50,51)33-19-6-26(2)7-20-33)35(24-31)61(52,53)58-46-36(38(40,41)42)27-8-12-29(13-9-27)54-22-3-23-55-30-14-10-28(11-15-30)37(47)39(43,44)45;1-13-3-7-16(8-4-13)33(26,27)30-15-11-18(21-22)20(19(12-15)32(23,24)25)31-34(28,29)17-9-5-14(2)6-10-17/h4-21,24H,3,22-23H2,1-2H3;3-10,12,22H,11H2,1-2H3,(H,23,24,25). The Bertz CT molecular complexity index is 4840. The summed E-state index contributed by atoms with van der Waals surface area (Å²) in [5.74, 6) is -5.10. The van der Waals surface area contributed by atoms with Gasteiger partial charge in [-0.05, 0) is 137 Å². The van der Waals surface area contributed by atoms with Crippen molar-refractivity contribution < 1.29 is 122 Å². The van der Waals surface area contributed by atoms with Crippen LogP contribution < -0.4 is 17.8 Å². The first-order chi connectivity index (χ1) is 44.2. The molecular weight excluding hydrogens is 1400 g/mol. The van der Waals surface area contributed by atoms with Gasteiger partial charge in [0.2, 0.25) is 0 Å². The minimum Gasteiger partial charge on any atom is -0.493 e. The third kappa shape index (κ3) is 19.6. The van der Waals surface area contributed by atoms with Gasteiger partial charge < -0.3 is 31.4 Å². The van der Waals surface area contributed by atoms with E-state index in [0.717, 1.165) is 65.7 Å². The molecule has 0 aromatic heterocycles. The normalized spacial score (nSPS) is 14.0. The number of aryl methyl sites for hydroxylation is 4. The summed E-state index contributed by atoms with van der Waals surface area (Å²) >= 11 is 0. The highest BCUT2D eigenvalue weighted by atomic mass is 32.2. The zero-order valence-electron chi connectivity index (χ0n) is 49.2. The van der Waals surface area contributed by atoms with Gasteiger partial charge in [0.1, 0.15) is 53.2 Å². The summed E-state index contributed by atoms with van der Waals surface area (Å²) < 4.78 is 279. The Labute approximate surface area is 540 Å². The predicted molar refractivity (Wildman–Crippen MR) is 324 cm³/mol. The van der Waals surface area contributed by atoms with Crippen molar-refractivity contribution in [3.05, 3.63) is 220 Å². The van der Waals surface area contributed by atoms with E-state index >= 15 is 0 Å². The van der Waals surface area contributed by atoms with Crippen molar-refractivity contribution in [2.45, 2.75) is 77.4 Å². The van der Waals surface area contributed by atoms with Gasteiger partial charge in [-0.25, -0.2) is 0 Å². The first-order valence-corrected chi connectivity index (χ1v) is 35.1. The van der Waals surface area contributed by atoms with Crippen molar-refractivity contribution in [2.75, 3.05) is 13.2 Å². The molecule has 95 heavy (non-hydrogen) atoms. The van der Waals surface area contributed by atoms with Crippen LogP contribution in [0, 0.1) is 27.7 Å². The molecule has 36 heteroatoms. The Kier molecular flexibility index (Phi) is 22.4. The van der Waals surface area contributed by atoms with Gasteiger partial charge >= 0.3 is 62.9 Å². The summed E-state index contributed by atoms with van der Waals surface area (Å²) in [7, 11) is -29.2. The lowest BCUT2D eigenvalue weighted by molar-refractivity contribution is -0.0885. The molecular formula is C59H50F6N2O22S6. The lowest BCUT2D eigenvalue weighted by Gasteiger charge is -2.20. The van der Waals surface area contributed by atoms with Crippen LogP contribution >= 0.6 is 0 Å². The highest BCUT2D eigenvalue weighted by Gasteiger charge is 2.41. The van der Waals surface area contributed by atoms with E-state index in [-0.39, 0.29) is 45.8 Å². The van der Waals surface area contributed by atoms with Crippen molar-refractivity contribution in [2.24, 2.45) is 10.3 Å². The maximum absolute atomic E-state index is 14.3. The average molecular weight is 1450 g/mol. The van der Waals surface area contributed by atoms with Crippen LogP contribution in [0.1, 0.15) is 51.0 Å². The van der Waals surface area contributed by atoms with Crippen molar-refractivity contribution in [1.82, 2.24) is 0 Å². The molecule has 24 nitrogen and oxygen atoms in total. The zero-order valence-corrected chi connectivity index (χ0v) is 54.1. The number of benzene rings is 7. The number of carbonyl (C=O) groups is 1. The van der Waals surface area contributed by atoms with Crippen molar-refractivity contribution in [1.29, 1.82) is 0 Å². The highest BCUT2D eigenvalue weighted by Crippen LogP contribution is 2.36. The molecule has 1 aliphatic carbocycles. The van der Waals surface area contributed by atoms with Gasteiger partial charge in [-0.15, -0.1) is 0 Å². The van der Waals surface area contributed by atoms with E-state index in [1.807, 2.05) is 0 Å². The maximum Gasteiger partial charge on any atom is 0.454 e. The second-order valence-corrected chi connectivity index (χ2v) is 29.0. The summed E-state index contributed by atoms with van der Waals surface area (Å²) in [4.78, 5) is 7.50. The Hall–Kier alpha value is -9.33. The molecule has 0 fully saturated rings. The van der Waals surface area contributed by atoms with Crippen LogP contribution in [0.5, 0.6) is 23.0 Å². The molecule has 0 unspecified atom stereocenters. The number of carbonyl (C=O) groups excluding carboxylic acids is 1. The van der Waals surface area contributed by atoms with Crippen LogP contribution in [-0.2, 0) is 73.4 Å². The lowest BCUT2D eigenvalue weighted by atomic mass is 10.1. The first kappa shape index (κ1) is 73.1.